The number of hydrogen-bond acceptors (Lipinski definition) is 5. The zero-order valence-electron chi connectivity index (χ0n) is 18.8. The number of benzene rings is 2. The van der Waals surface area contributed by atoms with E-state index in [1.807, 2.05) is 66.9 Å². The first-order valence-electron chi connectivity index (χ1n) is 11.5. The fraction of sp³-hybridized carbons (Fsp3) is 0.296. The Balaban J connectivity index is 1.14. The number of nitrogens with zero attached hydrogens (tertiary/aromatic N) is 4. The van der Waals surface area contributed by atoms with Gasteiger partial charge in [0.05, 0.1) is 11.3 Å². The van der Waals surface area contributed by atoms with Gasteiger partial charge in [-0.15, -0.1) is 0 Å². The van der Waals surface area contributed by atoms with Crippen LogP contribution < -0.4 is 10.2 Å². The smallest absolute Gasteiger partial charge is 0.224 e. The van der Waals surface area contributed by atoms with Crippen LogP contribution in [0.3, 0.4) is 0 Å². The molecule has 3 aromatic rings. The molecule has 2 aromatic carbocycles. The third-order valence-corrected chi connectivity index (χ3v) is 6.03. The molecule has 1 saturated heterocycles. The average molecular weight is 440 g/mol. The van der Waals surface area contributed by atoms with E-state index in [-0.39, 0.29) is 5.91 Å². The molecule has 1 aliphatic rings. The van der Waals surface area contributed by atoms with E-state index >= 15 is 0 Å². The first-order chi connectivity index (χ1) is 16.2. The van der Waals surface area contributed by atoms with Crippen molar-refractivity contribution in [2.24, 2.45) is 0 Å². The second-order valence-corrected chi connectivity index (χ2v) is 8.28. The molecule has 0 bridgehead atoms. The van der Waals surface area contributed by atoms with E-state index in [1.165, 1.54) is 0 Å². The highest BCUT2D eigenvalue weighted by Gasteiger charge is 2.18. The van der Waals surface area contributed by atoms with Gasteiger partial charge in [-0.3, -0.25) is 14.7 Å². The summed E-state index contributed by atoms with van der Waals surface area (Å²) in [7, 11) is 0. The van der Waals surface area contributed by atoms with E-state index in [2.05, 4.69) is 26.2 Å². The van der Waals surface area contributed by atoms with E-state index in [4.69, 9.17) is 0 Å². The molecule has 1 amide bonds. The minimum Gasteiger partial charge on any atom is -0.368 e. The topological polar surface area (TPSA) is 72.3 Å². The van der Waals surface area contributed by atoms with Crippen LogP contribution in [0.4, 0.5) is 11.4 Å². The van der Waals surface area contributed by atoms with Gasteiger partial charge in [0.1, 0.15) is 6.07 Å². The molecule has 168 valence electrons. The third kappa shape index (κ3) is 6.18. The summed E-state index contributed by atoms with van der Waals surface area (Å²) in [6.45, 7) is 4.81. The van der Waals surface area contributed by atoms with Crippen LogP contribution in [0.5, 0.6) is 0 Å². The SMILES string of the molecule is N#Cc1ccccc1N1CCN(CCCCC(=O)Nc2ccc(-c3cccnc3)cc2)CC1. The van der Waals surface area contributed by atoms with Crippen LogP contribution in [0.2, 0.25) is 0 Å². The maximum atomic E-state index is 12.3. The number of carbonyl (C=O) groups is 1. The lowest BCUT2D eigenvalue weighted by molar-refractivity contribution is -0.116. The Morgan fingerprint density at radius 3 is 2.45 bits per heavy atom. The van der Waals surface area contributed by atoms with Gasteiger partial charge < -0.3 is 10.2 Å². The van der Waals surface area contributed by atoms with Gasteiger partial charge in [0.15, 0.2) is 0 Å². The largest absolute Gasteiger partial charge is 0.368 e. The number of anilines is 2. The minimum atomic E-state index is 0.0575. The molecule has 0 unspecified atom stereocenters. The number of pyridine rings is 1. The maximum Gasteiger partial charge on any atom is 0.224 e. The Labute approximate surface area is 195 Å². The second-order valence-electron chi connectivity index (χ2n) is 8.28. The Morgan fingerprint density at radius 1 is 0.939 bits per heavy atom. The Morgan fingerprint density at radius 2 is 1.73 bits per heavy atom. The van der Waals surface area contributed by atoms with Crippen molar-refractivity contribution in [2.45, 2.75) is 19.3 Å². The van der Waals surface area contributed by atoms with E-state index < -0.39 is 0 Å². The lowest BCUT2D eigenvalue weighted by atomic mass is 10.1. The van der Waals surface area contributed by atoms with Gasteiger partial charge in [-0.2, -0.15) is 5.26 Å². The summed E-state index contributed by atoms with van der Waals surface area (Å²) >= 11 is 0. The van der Waals surface area contributed by atoms with Crippen molar-refractivity contribution >= 4 is 17.3 Å². The van der Waals surface area contributed by atoms with Gasteiger partial charge in [0.2, 0.25) is 5.91 Å². The molecule has 1 fully saturated rings. The molecular weight excluding hydrogens is 410 g/mol. The number of amides is 1. The standard InChI is InChI=1S/C27H29N5O/c28-20-23-6-1-2-8-26(23)32-18-16-31(17-19-32)15-4-3-9-27(33)30-25-12-10-22(11-13-25)24-7-5-14-29-21-24/h1-2,5-8,10-14,21H,3-4,9,15-19H2,(H,30,33). The molecule has 1 N–H and O–H groups in total. The number of aromatic nitrogens is 1. The third-order valence-electron chi connectivity index (χ3n) is 6.03. The van der Waals surface area contributed by atoms with Crippen LogP contribution in [0.25, 0.3) is 11.1 Å². The number of rotatable bonds is 8. The minimum absolute atomic E-state index is 0.0575. The van der Waals surface area contributed by atoms with Gasteiger partial charge in [-0.05, 0) is 60.8 Å². The van der Waals surface area contributed by atoms with Crippen molar-refractivity contribution in [2.75, 3.05) is 42.9 Å². The van der Waals surface area contributed by atoms with Gasteiger partial charge in [0, 0.05) is 50.7 Å². The van der Waals surface area contributed by atoms with Gasteiger partial charge in [-0.1, -0.05) is 30.3 Å². The molecule has 0 spiro atoms. The highest BCUT2D eigenvalue weighted by Crippen LogP contribution is 2.22. The number of nitriles is 1. The number of piperazine rings is 1. The molecule has 6 heteroatoms. The van der Waals surface area contributed by atoms with Crippen LogP contribution in [0, 0.1) is 11.3 Å². The summed E-state index contributed by atoms with van der Waals surface area (Å²) in [6, 6.07) is 21.9. The average Bonchev–Trinajstić information content (AvgIpc) is 2.88. The first kappa shape index (κ1) is 22.5. The van der Waals surface area contributed by atoms with Crippen LogP contribution >= 0.6 is 0 Å². The van der Waals surface area contributed by atoms with Crippen LogP contribution in [-0.2, 0) is 4.79 Å². The maximum absolute atomic E-state index is 12.3. The molecule has 0 radical (unpaired) electrons. The van der Waals surface area contributed by atoms with E-state index in [9.17, 15) is 10.1 Å². The van der Waals surface area contributed by atoms with Crippen molar-refractivity contribution in [3.05, 3.63) is 78.6 Å². The van der Waals surface area contributed by atoms with E-state index in [1.54, 1.807) is 6.20 Å². The lowest BCUT2D eigenvalue weighted by Crippen LogP contribution is -2.46. The monoisotopic (exact) mass is 439 g/mol. The molecule has 0 atom stereocenters. The molecule has 2 heterocycles. The normalized spacial score (nSPS) is 14.0. The molecule has 0 aliphatic carbocycles. The number of unbranched alkanes of at least 4 members (excludes halogenated alkanes) is 1. The summed E-state index contributed by atoms with van der Waals surface area (Å²) in [4.78, 5) is 21.2. The van der Waals surface area contributed by atoms with Crippen molar-refractivity contribution < 1.29 is 4.79 Å². The van der Waals surface area contributed by atoms with Crippen molar-refractivity contribution in [1.82, 2.24) is 9.88 Å². The molecular formula is C27H29N5O. The van der Waals surface area contributed by atoms with Gasteiger partial charge in [-0.25, -0.2) is 0 Å². The quantitative estimate of drug-likeness (QED) is 0.521. The summed E-state index contributed by atoms with van der Waals surface area (Å²) in [5.41, 5.74) is 4.73. The molecule has 6 nitrogen and oxygen atoms in total. The fourth-order valence-corrected chi connectivity index (χ4v) is 4.18. The summed E-state index contributed by atoms with van der Waals surface area (Å²) in [5.74, 6) is 0.0575. The predicted molar refractivity (Wildman–Crippen MR) is 132 cm³/mol. The predicted octanol–water partition coefficient (Wildman–Crippen LogP) is 4.55. The van der Waals surface area contributed by atoms with Crippen LogP contribution in [0.15, 0.2) is 73.1 Å². The van der Waals surface area contributed by atoms with Crippen molar-refractivity contribution in [3.8, 4) is 17.2 Å². The molecule has 33 heavy (non-hydrogen) atoms. The highest BCUT2D eigenvalue weighted by molar-refractivity contribution is 5.90. The first-order valence-corrected chi connectivity index (χ1v) is 11.5. The number of hydrogen-bond donors (Lipinski definition) is 1. The molecule has 4 rings (SSSR count). The van der Waals surface area contributed by atoms with Crippen LogP contribution in [-0.4, -0.2) is 48.5 Å². The van der Waals surface area contributed by atoms with Crippen molar-refractivity contribution in [3.63, 3.8) is 0 Å². The van der Waals surface area contributed by atoms with Crippen LogP contribution in [0.1, 0.15) is 24.8 Å². The second kappa shape index (κ2) is 11.3. The fourth-order valence-electron chi connectivity index (χ4n) is 4.18. The Hall–Kier alpha value is -3.69. The number of nitrogens with one attached hydrogen (secondary N) is 1. The van der Waals surface area contributed by atoms with Gasteiger partial charge >= 0.3 is 0 Å². The summed E-state index contributed by atoms with van der Waals surface area (Å²) in [5, 5.41) is 12.3. The molecule has 1 aromatic heterocycles. The zero-order valence-corrected chi connectivity index (χ0v) is 18.8. The van der Waals surface area contributed by atoms with Gasteiger partial charge in [0.25, 0.3) is 0 Å². The van der Waals surface area contributed by atoms with E-state index in [0.29, 0.717) is 6.42 Å². The molecule has 0 saturated carbocycles. The number of carbonyl (C=O) groups excluding carboxylic acids is 1. The Bertz CT molecular complexity index is 1080. The molecule has 1 aliphatic heterocycles. The zero-order chi connectivity index (χ0) is 22.9. The van der Waals surface area contributed by atoms with Crippen molar-refractivity contribution in [1.29, 1.82) is 5.26 Å². The number of para-hydroxylation sites is 1. The Kier molecular flexibility index (Phi) is 7.68. The highest BCUT2D eigenvalue weighted by atomic mass is 16.1. The summed E-state index contributed by atoms with van der Waals surface area (Å²) in [6.07, 6.45) is 5.99. The lowest BCUT2D eigenvalue weighted by Gasteiger charge is -2.36. The van der Waals surface area contributed by atoms with E-state index in [0.717, 1.165) is 73.6 Å². The summed E-state index contributed by atoms with van der Waals surface area (Å²) < 4.78 is 0.